The lowest BCUT2D eigenvalue weighted by Crippen LogP contribution is -2.45. The van der Waals surface area contributed by atoms with Gasteiger partial charge in [0.15, 0.2) is 0 Å². The molecule has 1 aromatic heterocycles. The molecule has 0 spiro atoms. The highest BCUT2D eigenvalue weighted by Gasteiger charge is 2.15. The zero-order chi connectivity index (χ0) is 12.7. The van der Waals surface area contributed by atoms with Gasteiger partial charge in [-0.3, -0.25) is 4.79 Å². The standard InChI is InChI=1S/C12H20N2O2S/c1-9(8-10-4-3-7-17-10)14-12(15)11(13)5-6-16-2/h3-4,7,9,11H,5-6,8,13H2,1-2H3,(H,14,15). The molecule has 2 unspecified atom stereocenters. The lowest BCUT2D eigenvalue weighted by atomic mass is 10.1. The van der Waals surface area contributed by atoms with E-state index >= 15 is 0 Å². The van der Waals surface area contributed by atoms with E-state index < -0.39 is 6.04 Å². The Labute approximate surface area is 106 Å². The van der Waals surface area contributed by atoms with E-state index in [1.54, 1.807) is 18.4 Å². The van der Waals surface area contributed by atoms with E-state index in [9.17, 15) is 4.79 Å². The molecule has 96 valence electrons. The molecule has 0 bridgehead atoms. The van der Waals surface area contributed by atoms with Gasteiger partial charge >= 0.3 is 0 Å². The molecular weight excluding hydrogens is 236 g/mol. The number of methoxy groups -OCH3 is 1. The van der Waals surface area contributed by atoms with Crippen LogP contribution in [0.1, 0.15) is 18.2 Å². The van der Waals surface area contributed by atoms with Crippen LogP contribution in [0.4, 0.5) is 0 Å². The number of hydrogen-bond acceptors (Lipinski definition) is 4. The van der Waals surface area contributed by atoms with Crippen molar-refractivity contribution in [3.05, 3.63) is 22.4 Å². The van der Waals surface area contributed by atoms with E-state index in [2.05, 4.69) is 11.4 Å². The topological polar surface area (TPSA) is 64.3 Å². The average Bonchev–Trinajstić information content (AvgIpc) is 2.78. The van der Waals surface area contributed by atoms with Crippen LogP contribution in [0.5, 0.6) is 0 Å². The molecule has 1 amide bonds. The first-order valence-electron chi connectivity index (χ1n) is 5.70. The first kappa shape index (κ1) is 14.2. The smallest absolute Gasteiger partial charge is 0.237 e. The second-order valence-corrected chi connectivity index (χ2v) is 5.11. The summed E-state index contributed by atoms with van der Waals surface area (Å²) in [6.07, 6.45) is 1.40. The summed E-state index contributed by atoms with van der Waals surface area (Å²) in [4.78, 5) is 13.0. The number of amides is 1. The van der Waals surface area contributed by atoms with Crippen molar-refractivity contribution in [2.45, 2.75) is 31.8 Å². The fourth-order valence-corrected chi connectivity index (χ4v) is 2.34. The molecule has 0 aliphatic carbocycles. The van der Waals surface area contributed by atoms with Gasteiger partial charge in [0.1, 0.15) is 0 Å². The van der Waals surface area contributed by atoms with Crippen LogP contribution in [-0.4, -0.2) is 31.7 Å². The summed E-state index contributed by atoms with van der Waals surface area (Å²) >= 11 is 1.70. The van der Waals surface area contributed by atoms with E-state index in [1.807, 2.05) is 18.4 Å². The van der Waals surface area contributed by atoms with Crippen molar-refractivity contribution in [3.8, 4) is 0 Å². The van der Waals surface area contributed by atoms with Gasteiger partial charge in [-0.05, 0) is 24.8 Å². The van der Waals surface area contributed by atoms with Crippen molar-refractivity contribution in [1.82, 2.24) is 5.32 Å². The maximum atomic E-state index is 11.7. The van der Waals surface area contributed by atoms with Crippen molar-refractivity contribution < 1.29 is 9.53 Å². The summed E-state index contributed by atoms with van der Waals surface area (Å²) in [6, 6.07) is 3.70. The Balaban J connectivity index is 2.30. The lowest BCUT2D eigenvalue weighted by molar-refractivity contribution is -0.123. The second kappa shape index (κ2) is 7.42. The zero-order valence-electron chi connectivity index (χ0n) is 10.3. The molecule has 0 aliphatic heterocycles. The molecule has 0 aliphatic rings. The maximum Gasteiger partial charge on any atom is 0.237 e. The molecule has 1 aromatic rings. The highest BCUT2D eigenvalue weighted by molar-refractivity contribution is 7.09. The molecule has 0 aromatic carbocycles. The molecule has 0 saturated carbocycles. The van der Waals surface area contributed by atoms with Gasteiger partial charge in [-0.2, -0.15) is 0 Å². The van der Waals surface area contributed by atoms with Crippen LogP contribution in [0.15, 0.2) is 17.5 Å². The van der Waals surface area contributed by atoms with Gasteiger partial charge in [0, 0.05) is 31.1 Å². The van der Waals surface area contributed by atoms with Crippen LogP contribution >= 0.6 is 11.3 Å². The van der Waals surface area contributed by atoms with Crippen molar-refractivity contribution in [2.24, 2.45) is 5.73 Å². The van der Waals surface area contributed by atoms with Gasteiger partial charge in [0.2, 0.25) is 5.91 Å². The summed E-state index contributed by atoms with van der Waals surface area (Å²) in [5.74, 6) is -0.105. The van der Waals surface area contributed by atoms with E-state index in [0.29, 0.717) is 13.0 Å². The van der Waals surface area contributed by atoms with E-state index in [4.69, 9.17) is 10.5 Å². The number of ether oxygens (including phenoxy) is 1. The fraction of sp³-hybridized carbons (Fsp3) is 0.583. The number of rotatable bonds is 7. The molecule has 4 nitrogen and oxygen atoms in total. The van der Waals surface area contributed by atoms with E-state index in [-0.39, 0.29) is 11.9 Å². The highest BCUT2D eigenvalue weighted by Crippen LogP contribution is 2.10. The number of hydrogen-bond donors (Lipinski definition) is 2. The van der Waals surface area contributed by atoms with Crippen LogP contribution in [0.25, 0.3) is 0 Å². The Morgan fingerprint density at radius 3 is 3.00 bits per heavy atom. The normalized spacial score (nSPS) is 14.3. The maximum absolute atomic E-state index is 11.7. The van der Waals surface area contributed by atoms with Crippen LogP contribution in [0.2, 0.25) is 0 Å². The van der Waals surface area contributed by atoms with Gasteiger partial charge < -0.3 is 15.8 Å². The number of thiophene rings is 1. The molecule has 17 heavy (non-hydrogen) atoms. The molecule has 1 rings (SSSR count). The summed E-state index contributed by atoms with van der Waals surface area (Å²) in [5, 5.41) is 4.95. The van der Waals surface area contributed by atoms with Gasteiger partial charge in [-0.15, -0.1) is 11.3 Å². The highest BCUT2D eigenvalue weighted by atomic mass is 32.1. The monoisotopic (exact) mass is 256 g/mol. The predicted octanol–water partition coefficient (Wildman–Crippen LogP) is 1.16. The minimum Gasteiger partial charge on any atom is -0.385 e. The molecular formula is C12H20N2O2S. The number of carbonyl (C=O) groups excluding carboxylic acids is 1. The number of nitrogens with one attached hydrogen (secondary N) is 1. The van der Waals surface area contributed by atoms with E-state index in [0.717, 1.165) is 6.42 Å². The summed E-state index contributed by atoms with van der Waals surface area (Å²) < 4.78 is 4.89. The largest absolute Gasteiger partial charge is 0.385 e. The van der Waals surface area contributed by atoms with Gasteiger partial charge in [-0.25, -0.2) is 0 Å². The van der Waals surface area contributed by atoms with Crippen LogP contribution < -0.4 is 11.1 Å². The van der Waals surface area contributed by atoms with Crippen LogP contribution in [-0.2, 0) is 16.0 Å². The van der Waals surface area contributed by atoms with Gasteiger partial charge in [-0.1, -0.05) is 6.07 Å². The molecule has 0 radical (unpaired) electrons. The van der Waals surface area contributed by atoms with E-state index in [1.165, 1.54) is 4.88 Å². The van der Waals surface area contributed by atoms with Gasteiger partial charge in [0.25, 0.3) is 0 Å². The average molecular weight is 256 g/mol. The van der Waals surface area contributed by atoms with Gasteiger partial charge in [0.05, 0.1) is 6.04 Å². The molecule has 5 heteroatoms. The number of carbonyl (C=O) groups is 1. The summed E-state index contributed by atoms with van der Waals surface area (Å²) in [5.41, 5.74) is 5.74. The molecule has 2 atom stereocenters. The predicted molar refractivity (Wildman–Crippen MR) is 70.1 cm³/mol. The van der Waals surface area contributed by atoms with Crippen molar-refractivity contribution in [1.29, 1.82) is 0 Å². The lowest BCUT2D eigenvalue weighted by Gasteiger charge is -2.16. The Hall–Kier alpha value is -0.910. The first-order valence-corrected chi connectivity index (χ1v) is 6.58. The minimum atomic E-state index is -0.485. The fourth-order valence-electron chi connectivity index (χ4n) is 1.51. The molecule has 1 heterocycles. The Kier molecular flexibility index (Phi) is 6.18. The summed E-state index contributed by atoms with van der Waals surface area (Å²) in [6.45, 7) is 2.49. The molecule has 0 saturated heterocycles. The van der Waals surface area contributed by atoms with Crippen molar-refractivity contribution in [2.75, 3.05) is 13.7 Å². The third-order valence-corrected chi connectivity index (χ3v) is 3.34. The Morgan fingerprint density at radius 1 is 1.65 bits per heavy atom. The second-order valence-electron chi connectivity index (χ2n) is 4.08. The minimum absolute atomic E-state index is 0.105. The number of nitrogens with two attached hydrogens (primary N) is 1. The van der Waals surface area contributed by atoms with Crippen molar-refractivity contribution >= 4 is 17.2 Å². The quantitative estimate of drug-likeness (QED) is 0.769. The molecule has 3 N–H and O–H groups in total. The zero-order valence-corrected chi connectivity index (χ0v) is 11.1. The first-order chi connectivity index (χ1) is 8.13. The third-order valence-electron chi connectivity index (χ3n) is 2.45. The Morgan fingerprint density at radius 2 is 2.41 bits per heavy atom. The third kappa shape index (κ3) is 5.30. The van der Waals surface area contributed by atoms with Crippen molar-refractivity contribution in [3.63, 3.8) is 0 Å². The van der Waals surface area contributed by atoms with Crippen LogP contribution in [0, 0.1) is 0 Å². The Bertz CT molecular complexity index is 327. The molecule has 0 fully saturated rings. The summed E-state index contributed by atoms with van der Waals surface area (Å²) in [7, 11) is 1.60. The SMILES string of the molecule is COCCC(N)C(=O)NC(C)Cc1cccs1. The van der Waals surface area contributed by atoms with Crippen LogP contribution in [0.3, 0.4) is 0 Å².